The Balaban J connectivity index is 1.71. The third kappa shape index (κ3) is 4.56. The normalized spacial score (nSPS) is 16.0. The number of halogens is 2. The van der Waals surface area contributed by atoms with E-state index in [1.165, 1.54) is 18.2 Å². The van der Waals surface area contributed by atoms with Gasteiger partial charge in [0.25, 0.3) is 0 Å². The number of aliphatic hydroxyl groups excluding tert-OH is 1. The van der Waals surface area contributed by atoms with E-state index in [1.807, 2.05) is 0 Å². The lowest BCUT2D eigenvalue weighted by Gasteiger charge is -2.34. The van der Waals surface area contributed by atoms with Crippen LogP contribution in [0.1, 0.15) is 0 Å². The third-order valence-electron chi connectivity index (χ3n) is 3.42. The molecule has 21 heavy (non-hydrogen) atoms. The molecular weight excluding hydrogens is 299 g/mol. The van der Waals surface area contributed by atoms with Crippen LogP contribution >= 0.6 is 11.6 Å². The lowest BCUT2D eigenvalue weighted by molar-refractivity contribution is -0.135. The fraction of sp³-hybridized carbons (Fsp3) is 0.500. The predicted molar refractivity (Wildman–Crippen MR) is 77.0 cm³/mol. The molecule has 1 heterocycles. The molecule has 0 aromatic heterocycles. The Hall–Kier alpha value is -1.37. The summed E-state index contributed by atoms with van der Waals surface area (Å²) in [5, 5.41) is 9.06. The highest BCUT2D eigenvalue weighted by atomic mass is 35.5. The number of benzene rings is 1. The van der Waals surface area contributed by atoms with Crippen LogP contribution in [-0.4, -0.2) is 66.8 Å². The van der Waals surface area contributed by atoms with E-state index in [0.717, 1.165) is 13.1 Å². The average molecular weight is 317 g/mol. The first kappa shape index (κ1) is 16.0. The maximum Gasteiger partial charge on any atom is 0.248 e. The van der Waals surface area contributed by atoms with Gasteiger partial charge < -0.3 is 14.7 Å². The van der Waals surface area contributed by atoms with Crippen LogP contribution in [0, 0.1) is 5.82 Å². The molecule has 116 valence electrons. The molecule has 0 saturated carbocycles. The molecule has 2 rings (SSSR count). The second-order valence-corrected chi connectivity index (χ2v) is 5.21. The van der Waals surface area contributed by atoms with Crippen LogP contribution in [-0.2, 0) is 4.79 Å². The molecule has 1 fully saturated rings. The first-order valence-corrected chi connectivity index (χ1v) is 7.17. The molecule has 1 saturated heterocycles. The largest absolute Gasteiger partial charge is 0.491 e. The molecule has 1 N–H and O–H groups in total. The molecule has 1 amide bonds. The van der Waals surface area contributed by atoms with Crippen molar-refractivity contribution < 1.29 is 19.0 Å². The number of carbonyl (C=O) groups is 1. The molecule has 0 bridgehead atoms. The fourth-order valence-electron chi connectivity index (χ4n) is 2.20. The molecular formula is C14H18ClFN2O3. The first-order chi connectivity index (χ1) is 10.1. The Morgan fingerprint density at radius 3 is 2.67 bits per heavy atom. The quantitative estimate of drug-likeness (QED) is 0.880. The van der Waals surface area contributed by atoms with Crippen molar-refractivity contribution in [2.24, 2.45) is 0 Å². The minimum atomic E-state index is -0.438. The van der Waals surface area contributed by atoms with Gasteiger partial charge in [-0.05, 0) is 18.2 Å². The summed E-state index contributed by atoms with van der Waals surface area (Å²) in [4.78, 5) is 15.1. The van der Waals surface area contributed by atoms with Crippen molar-refractivity contribution in [3.05, 3.63) is 29.0 Å². The smallest absolute Gasteiger partial charge is 0.248 e. The van der Waals surface area contributed by atoms with E-state index in [2.05, 4.69) is 4.90 Å². The van der Waals surface area contributed by atoms with Gasteiger partial charge in [0.2, 0.25) is 5.91 Å². The number of nitrogens with zero attached hydrogens (tertiary/aromatic N) is 2. The number of rotatable bonds is 5. The van der Waals surface area contributed by atoms with Gasteiger partial charge in [-0.3, -0.25) is 9.69 Å². The molecule has 0 radical (unpaired) electrons. The first-order valence-electron chi connectivity index (χ1n) is 6.79. The molecule has 0 aliphatic carbocycles. The van der Waals surface area contributed by atoms with E-state index in [9.17, 15) is 9.18 Å². The van der Waals surface area contributed by atoms with Crippen molar-refractivity contribution in [3.63, 3.8) is 0 Å². The summed E-state index contributed by atoms with van der Waals surface area (Å²) in [5.41, 5.74) is 0. The second-order valence-electron chi connectivity index (χ2n) is 4.80. The number of hydrogen-bond donors (Lipinski definition) is 1. The predicted octanol–water partition coefficient (Wildman–Crippen LogP) is 0.994. The molecule has 1 aromatic carbocycles. The summed E-state index contributed by atoms with van der Waals surface area (Å²) in [5.74, 6) is -0.159. The highest BCUT2D eigenvalue weighted by Crippen LogP contribution is 2.24. The van der Waals surface area contributed by atoms with Crippen molar-refractivity contribution in [1.82, 2.24) is 9.80 Å². The topological polar surface area (TPSA) is 53.0 Å². The maximum absolute atomic E-state index is 12.9. The van der Waals surface area contributed by atoms with Crippen molar-refractivity contribution in [2.75, 3.05) is 45.9 Å². The SMILES string of the molecule is O=C(CO)N1CCN(CCOc2ccc(F)cc2Cl)CC1. The van der Waals surface area contributed by atoms with Crippen LogP contribution in [0.2, 0.25) is 5.02 Å². The Bertz CT molecular complexity index is 493. The summed E-state index contributed by atoms with van der Waals surface area (Å²) in [6, 6.07) is 4.03. The second kappa shape index (κ2) is 7.59. The van der Waals surface area contributed by atoms with Crippen LogP contribution in [0.15, 0.2) is 18.2 Å². The summed E-state index contributed by atoms with van der Waals surface area (Å²) in [6.45, 7) is 3.41. The summed E-state index contributed by atoms with van der Waals surface area (Å²) in [7, 11) is 0. The van der Waals surface area contributed by atoms with Crippen molar-refractivity contribution in [3.8, 4) is 5.75 Å². The highest BCUT2D eigenvalue weighted by Gasteiger charge is 2.20. The maximum atomic E-state index is 12.9. The number of amides is 1. The van der Waals surface area contributed by atoms with Gasteiger partial charge in [0.15, 0.2) is 0 Å². The van der Waals surface area contributed by atoms with Gasteiger partial charge in [0, 0.05) is 32.7 Å². The monoisotopic (exact) mass is 316 g/mol. The van der Waals surface area contributed by atoms with Gasteiger partial charge in [0.05, 0.1) is 5.02 Å². The van der Waals surface area contributed by atoms with Crippen LogP contribution < -0.4 is 4.74 Å². The van der Waals surface area contributed by atoms with Crippen molar-refractivity contribution in [1.29, 1.82) is 0 Å². The molecule has 7 heteroatoms. The molecule has 1 aromatic rings. The Morgan fingerprint density at radius 1 is 1.33 bits per heavy atom. The van der Waals surface area contributed by atoms with E-state index in [1.54, 1.807) is 4.90 Å². The van der Waals surface area contributed by atoms with E-state index in [4.69, 9.17) is 21.4 Å². The molecule has 1 aliphatic rings. The van der Waals surface area contributed by atoms with Gasteiger partial charge >= 0.3 is 0 Å². The van der Waals surface area contributed by atoms with Crippen molar-refractivity contribution in [2.45, 2.75) is 0 Å². The van der Waals surface area contributed by atoms with Crippen molar-refractivity contribution >= 4 is 17.5 Å². The zero-order valence-corrected chi connectivity index (χ0v) is 12.4. The van der Waals surface area contributed by atoms with E-state index >= 15 is 0 Å². The van der Waals surface area contributed by atoms with Crippen LogP contribution in [0.5, 0.6) is 5.75 Å². The van der Waals surface area contributed by atoms with Gasteiger partial charge in [0.1, 0.15) is 24.8 Å². The van der Waals surface area contributed by atoms with Gasteiger partial charge in [-0.15, -0.1) is 0 Å². The zero-order valence-electron chi connectivity index (χ0n) is 11.6. The van der Waals surface area contributed by atoms with E-state index in [0.29, 0.717) is 32.0 Å². The Kier molecular flexibility index (Phi) is 5.78. The summed E-state index contributed by atoms with van der Waals surface area (Å²) >= 11 is 5.87. The van der Waals surface area contributed by atoms with Gasteiger partial charge in [-0.2, -0.15) is 0 Å². The molecule has 0 spiro atoms. The Morgan fingerprint density at radius 2 is 2.05 bits per heavy atom. The lowest BCUT2D eigenvalue weighted by atomic mass is 10.3. The average Bonchev–Trinajstić information content (AvgIpc) is 2.49. The van der Waals surface area contributed by atoms with E-state index < -0.39 is 12.4 Å². The number of aliphatic hydroxyl groups is 1. The number of piperazine rings is 1. The number of ether oxygens (including phenoxy) is 1. The van der Waals surface area contributed by atoms with E-state index in [-0.39, 0.29) is 10.9 Å². The molecule has 0 unspecified atom stereocenters. The van der Waals surface area contributed by atoms with Crippen LogP contribution in [0.25, 0.3) is 0 Å². The molecule has 0 atom stereocenters. The standard InChI is InChI=1S/C14H18ClFN2O3/c15-12-9-11(16)1-2-13(12)21-8-7-17-3-5-18(6-4-17)14(20)10-19/h1-2,9,19H,3-8,10H2. The minimum absolute atomic E-state index is 0.232. The van der Waals surface area contributed by atoms with Crippen LogP contribution in [0.4, 0.5) is 4.39 Å². The van der Waals surface area contributed by atoms with Gasteiger partial charge in [-0.25, -0.2) is 4.39 Å². The van der Waals surface area contributed by atoms with Crippen LogP contribution in [0.3, 0.4) is 0 Å². The summed E-state index contributed by atoms with van der Waals surface area (Å²) in [6.07, 6.45) is 0. The Labute approximate surface area is 127 Å². The third-order valence-corrected chi connectivity index (χ3v) is 3.71. The minimum Gasteiger partial charge on any atom is -0.491 e. The fourth-order valence-corrected chi connectivity index (χ4v) is 2.42. The number of carbonyl (C=O) groups excluding carboxylic acids is 1. The number of hydrogen-bond acceptors (Lipinski definition) is 4. The highest BCUT2D eigenvalue weighted by molar-refractivity contribution is 6.32. The van der Waals surface area contributed by atoms with Gasteiger partial charge in [-0.1, -0.05) is 11.6 Å². The zero-order chi connectivity index (χ0) is 15.2. The molecule has 1 aliphatic heterocycles. The lowest BCUT2D eigenvalue weighted by Crippen LogP contribution is -2.50. The molecule has 5 nitrogen and oxygen atoms in total. The summed E-state index contributed by atoms with van der Waals surface area (Å²) < 4.78 is 18.4.